The van der Waals surface area contributed by atoms with Crippen molar-refractivity contribution in [3.8, 4) is 5.75 Å². The zero-order valence-electron chi connectivity index (χ0n) is 14.7. The van der Waals surface area contributed by atoms with Gasteiger partial charge in [0.25, 0.3) is 0 Å². The van der Waals surface area contributed by atoms with E-state index >= 15 is 0 Å². The van der Waals surface area contributed by atoms with Crippen molar-refractivity contribution >= 4 is 11.4 Å². The normalized spacial score (nSPS) is 12.8. The highest BCUT2D eigenvalue weighted by Gasteiger charge is 2.22. The van der Waals surface area contributed by atoms with Crippen molar-refractivity contribution in [2.45, 2.75) is 33.3 Å². The quantitative estimate of drug-likeness (QED) is 0.554. The third kappa shape index (κ3) is 4.16. The molecule has 0 saturated carbocycles. The van der Waals surface area contributed by atoms with E-state index in [9.17, 15) is 0 Å². The first-order valence-corrected chi connectivity index (χ1v) is 8.75. The molecular weight excluding hydrogens is 296 g/mol. The van der Waals surface area contributed by atoms with Crippen LogP contribution in [0.5, 0.6) is 5.75 Å². The molecule has 0 atom stereocenters. The molecule has 126 valence electrons. The van der Waals surface area contributed by atoms with Crippen molar-refractivity contribution in [3.05, 3.63) is 59.7 Å². The summed E-state index contributed by atoms with van der Waals surface area (Å²) in [4.78, 5) is 6.95. The van der Waals surface area contributed by atoms with Crippen LogP contribution >= 0.6 is 0 Å². The number of hydrogen-bond acceptors (Lipinski definition) is 3. The summed E-state index contributed by atoms with van der Waals surface area (Å²) >= 11 is 0. The minimum Gasteiger partial charge on any atom is -0.487 e. The van der Waals surface area contributed by atoms with E-state index in [1.165, 1.54) is 16.8 Å². The number of hydrogen-bond donors (Lipinski definition) is 0. The number of rotatable bonds is 7. The number of para-hydroxylation sites is 1. The van der Waals surface area contributed by atoms with Gasteiger partial charge in [0, 0.05) is 25.3 Å². The average molecular weight is 322 g/mol. The van der Waals surface area contributed by atoms with Crippen LogP contribution in [0, 0.1) is 0 Å². The van der Waals surface area contributed by atoms with Crippen LogP contribution in [0.15, 0.2) is 53.5 Å². The lowest BCUT2D eigenvalue weighted by Gasteiger charge is -2.22. The predicted molar refractivity (Wildman–Crippen MR) is 101 cm³/mol. The standard InChI is InChI=1S/C21H26N2O/c1-17(2)22-13-7-14-23-15-12-19-10-6-11-20(21(19)23)24-16-18-8-4-3-5-9-18/h3-6,8-11H,7,12-16H2,1-2H3. The number of benzene rings is 2. The van der Waals surface area contributed by atoms with Crippen LogP contribution < -0.4 is 9.64 Å². The summed E-state index contributed by atoms with van der Waals surface area (Å²) in [7, 11) is 0. The summed E-state index contributed by atoms with van der Waals surface area (Å²) < 4.78 is 6.14. The molecule has 24 heavy (non-hydrogen) atoms. The molecule has 3 nitrogen and oxygen atoms in total. The molecule has 0 bridgehead atoms. The topological polar surface area (TPSA) is 24.8 Å². The maximum atomic E-state index is 6.14. The van der Waals surface area contributed by atoms with Gasteiger partial charge in [0.15, 0.2) is 0 Å². The maximum Gasteiger partial charge on any atom is 0.143 e. The van der Waals surface area contributed by atoms with E-state index in [-0.39, 0.29) is 0 Å². The molecule has 1 aliphatic rings. The lowest BCUT2D eigenvalue weighted by molar-refractivity contribution is 0.307. The van der Waals surface area contributed by atoms with Crippen LogP contribution in [0.1, 0.15) is 31.4 Å². The third-order valence-corrected chi connectivity index (χ3v) is 4.30. The van der Waals surface area contributed by atoms with Crippen LogP contribution in [0.3, 0.4) is 0 Å². The van der Waals surface area contributed by atoms with Crippen LogP contribution in [-0.4, -0.2) is 25.3 Å². The van der Waals surface area contributed by atoms with Crippen LogP contribution in [0.25, 0.3) is 0 Å². The number of nitrogens with zero attached hydrogens (tertiary/aromatic N) is 2. The van der Waals surface area contributed by atoms with Crippen molar-refractivity contribution in [2.75, 3.05) is 24.5 Å². The van der Waals surface area contributed by atoms with Crippen molar-refractivity contribution in [3.63, 3.8) is 0 Å². The second-order valence-electron chi connectivity index (χ2n) is 6.46. The first-order valence-electron chi connectivity index (χ1n) is 8.75. The van der Waals surface area contributed by atoms with Gasteiger partial charge in [-0.1, -0.05) is 42.5 Å². The molecule has 0 amide bonds. The van der Waals surface area contributed by atoms with Gasteiger partial charge in [-0.2, -0.15) is 0 Å². The third-order valence-electron chi connectivity index (χ3n) is 4.30. The summed E-state index contributed by atoms with van der Waals surface area (Å²) in [5.74, 6) is 1.00. The van der Waals surface area contributed by atoms with Crippen LogP contribution in [0.4, 0.5) is 5.69 Å². The van der Waals surface area contributed by atoms with E-state index in [4.69, 9.17) is 4.74 Å². The first kappa shape index (κ1) is 16.6. The molecular formula is C21H26N2O. The Labute approximate surface area is 145 Å². The molecule has 0 unspecified atom stereocenters. The molecule has 0 aliphatic carbocycles. The summed E-state index contributed by atoms with van der Waals surface area (Å²) in [5.41, 5.74) is 5.04. The van der Waals surface area contributed by atoms with Gasteiger partial charge < -0.3 is 9.64 Å². The molecule has 2 aromatic carbocycles. The molecule has 2 aromatic rings. The molecule has 0 N–H and O–H groups in total. The highest BCUT2D eigenvalue weighted by Crippen LogP contribution is 2.37. The second-order valence-corrected chi connectivity index (χ2v) is 6.46. The summed E-state index contributed by atoms with van der Waals surface area (Å²) in [5, 5.41) is 0. The molecule has 0 saturated heterocycles. The Kier molecular flexibility index (Phi) is 5.52. The summed E-state index contributed by atoms with van der Waals surface area (Å²) in [6.45, 7) is 7.75. The summed E-state index contributed by atoms with van der Waals surface area (Å²) in [6.07, 6.45) is 2.19. The Balaban J connectivity index is 1.66. The second kappa shape index (κ2) is 8.00. The smallest absolute Gasteiger partial charge is 0.143 e. The SMILES string of the molecule is CC(C)=NCCCN1CCc2cccc(OCc3ccccc3)c21. The van der Waals surface area contributed by atoms with Gasteiger partial charge in [0.05, 0.1) is 5.69 Å². The molecule has 1 aliphatic heterocycles. The van der Waals surface area contributed by atoms with E-state index in [0.29, 0.717) is 6.61 Å². The van der Waals surface area contributed by atoms with Crippen LogP contribution in [0.2, 0.25) is 0 Å². The zero-order chi connectivity index (χ0) is 16.8. The van der Waals surface area contributed by atoms with Crippen molar-refractivity contribution < 1.29 is 4.74 Å². The fourth-order valence-corrected chi connectivity index (χ4v) is 3.14. The fourth-order valence-electron chi connectivity index (χ4n) is 3.14. The molecule has 1 heterocycles. The largest absolute Gasteiger partial charge is 0.487 e. The maximum absolute atomic E-state index is 6.14. The minimum absolute atomic E-state index is 0.616. The molecule has 0 aromatic heterocycles. The lowest BCUT2D eigenvalue weighted by atomic mass is 10.1. The van der Waals surface area contributed by atoms with Gasteiger partial charge in [0.2, 0.25) is 0 Å². The van der Waals surface area contributed by atoms with Gasteiger partial charge in [-0.3, -0.25) is 4.99 Å². The Bertz CT molecular complexity index is 690. The van der Waals surface area contributed by atoms with E-state index in [0.717, 1.165) is 43.9 Å². The minimum atomic E-state index is 0.616. The van der Waals surface area contributed by atoms with E-state index in [2.05, 4.69) is 66.2 Å². The first-order chi connectivity index (χ1) is 11.7. The van der Waals surface area contributed by atoms with E-state index in [1.54, 1.807) is 0 Å². The molecule has 0 spiro atoms. The molecule has 0 radical (unpaired) electrons. The number of fused-ring (bicyclic) bond motifs is 1. The van der Waals surface area contributed by atoms with Crippen molar-refractivity contribution in [1.82, 2.24) is 0 Å². The number of anilines is 1. The fraction of sp³-hybridized carbons (Fsp3) is 0.381. The average Bonchev–Trinajstić information content (AvgIpc) is 3.01. The Morgan fingerprint density at radius 3 is 2.71 bits per heavy atom. The Morgan fingerprint density at radius 1 is 1.08 bits per heavy atom. The number of ether oxygens (including phenoxy) is 1. The highest BCUT2D eigenvalue weighted by molar-refractivity contribution is 5.79. The van der Waals surface area contributed by atoms with Crippen molar-refractivity contribution in [1.29, 1.82) is 0 Å². The lowest BCUT2D eigenvalue weighted by Crippen LogP contribution is -2.23. The summed E-state index contributed by atoms with van der Waals surface area (Å²) in [6, 6.07) is 16.8. The van der Waals surface area contributed by atoms with Gasteiger partial charge in [-0.25, -0.2) is 0 Å². The molecule has 0 fully saturated rings. The van der Waals surface area contributed by atoms with E-state index < -0.39 is 0 Å². The van der Waals surface area contributed by atoms with E-state index in [1.807, 2.05) is 6.07 Å². The number of aliphatic imine (C=N–C) groups is 1. The Morgan fingerprint density at radius 2 is 1.92 bits per heavy atom. The molecule has 3 rings (SSSR count). The van der Waals surface area contributed by atoms with Gasteiger partial charge in [-0.05, 0) is 43.9 Å². The zero-order valence-corrected chi connectivity index (χ0v) is 14.7. The molecule has 3 heteroatoms. The monoisotopic (exact) mass is 322 g/mol. The van der Waals surface area contributed by atoms with Gasteiger partial charge >= 0.3 is 0 Å². The predicted octanol–water partition coefficient (Wildman–Crippen LogP) is 4.50. The Hall–Kier alpha value is -2.29. The highest BCUT2D eigenvalue weighted by atomic mass is 16.5. The van der Waals surface area contributed by atoms with Crippen molar-refractivity contribution in [2.24, 2.45) is 4.99 Å². The van der Waals surface area contributed by atoms with Gasteiger partial charge in [-0.15, -0.1) is 0 Å². The van der Waals surface area contributed by atoms with Crippen LogP contribution in [-0.2, 0) is 13.0 Å². The van der Waals surface area contributed by atoms with Gasteiger partial charge in [0.1, 0.15) is 12.4 Å².